The SMILES string of the molecule is Cc1ccc(C)c(S(=O)(=O)NCCNC(=O)CN2C(=O)c3cc(Cl)c(Cl)cc3C2=O)c1. The molecule has 0 fully saturated rings. The Bertz CT molecular complexity index is 1160. The highest BCUT2D eigenvalue weighted by molar-refractivity contribution is 7.89. The minimum absolute atomic E-state index is 0.0241. The molecule has 31 heavy (non-hydrogen) atoms. The smallest absolute Gasteiger partial charge is 0.262 e. The van der Waals surface area contributed by atoms with Crippen molar-refractivity contribution in [1.29, 1.82) is 0 Å². The van der Waals surface area contributed by atoms with Crippen LogP contribution in [0.1, 0.15) is 31.8 Å². The highest BCUT2D eigenvalue weighted by atomic mass is 35.5. The fraction of sp³-hybridized carbons (Fsp3) is 0.250. The van der Waals surface area contributed by atoms with E-state index in [9.17, 15) is 22.8 Å². The van der Waals surface area contributed by atoms with Crippen molar-refractivity contribution in [3.8, 4) is 0 Å². The van der Waals surface area contributed by atoms with Gasteiger partial charge < -0.3 is 5.32 Å². The number of aryl methyl sites for hydroxylation is 2. The number of rotatable bonds is 7. The molecule has 8 nitrogen and oxygen atoms in total. The van der Waals surface area contributed by atoms with E-state index in [1.165, 1.54) is 12.1 Å². The summed E-state index contributed by atoms with van der Waals surface area (Å²) in [4.78, 5) is 38.0. The van der Waals surface area contributed by atoms with E-state index in [0.717, 1.165) is 10.5 Å². The number of carbonyl (C=O) groups excluding carboxylic acids is 3. The van der Waals surface area contributed by atoms with Gasteiger partial charge in [-0.05, 0) is 43.2 Å². The van der Waals surface area contributed by atoms with Crippen LogP contribution in [0.25, 0.3) is 0 Å². The predicted octanol–water partition coefficient (Wildman–Crippen LogP) is 2.30. The molecule has 0 spiro atoms. The first-order chi connectivity index (χ1) is 14.5. The lowest BCUT2D eigenvalue weighted by molar-refractivity contribution is -0.121. The molecule has 0 unspecified atom stereocenters. The summed E-state index contributed by atoms with van der Waals surface area (Å²) in [5.41, 5.74) is 1.57. The van der Waals surface area contributed by atoms with Crippen LogP contribution in [0.4, 0.5) is 0 Å². The Morgan fingerprint density at radius 1 is 0.968 bits per heavy atom. The lowest BCUT2D eigenvalue weighted by atomic mass is 10.1. The number of hydrogen-bond donors (Lipinski definition) is 2. The maximum absolute atomic E-state index is 12.5. The van der Waals surface area contributed by atoms with E-state index >= 15 is 0 Å². The standard InChI is InChI=1S/C20H19Cl2N3O5S/c1-11-3-4-12(2)17(7-11)31(29,30)24-6-5-23-18(26)10-25-19(27)13-8-15(21)16(22)9-14(13)20(25)28/h3-4,7-9,24H,5-6,10H2,1-2H3,(H,23,26). The highest BCUT2D eigenvalue weighted by Crippen LogP contribution is 2.31. The molecule has 2 aromatic rings. The predicted molar refractivity (Wildman–Crippen MR) is 116 cm³/mol. The van der Waals surface area contributed by atoms with Gasteiger partial charge in [-0.25, -0.2) is 13.1 Å². The van der Waals surface area contributed by atoms with Crippen LogP contribution in [0.3, 0.4) is 0 Å². The van der Waals surface area contributed by atoms with E-state index in [2.05, 4.69) is 10.0 Å². The fourth-order valence-electron chi connectivity index (χ4n) is 3.09. The van der Waals surface area contributed by atoms with Crippen molar-refractivity contribution < 1.29 is 22.8 Å². The average molecular weight is 484 g/mol. The molecule has 0 aliphatic carbocycles. The molecule has 3 amide bonds. The Labute approximate surface area is 189 Å². The van der Waals surface area contributed by atoms with Crippen molar-refractivity contribution in [2.45, 2.75) is 18.7 Å². The topological polar surface area (TPSA) is 113 Å². The maximum atomic E-state index is 12.5. The van der Waals surface area contributed by atoms with E-state index < -0.39 is 34.3 Å². The van der Waals surface area contributed by atoms with Crippen LogP contribution < -0.4 is 10.0 Å². The van der Waals surface area contributed by atoms with Crippen molar-refractivity contribution in [3.63, 3.8) is 0 Å². The quantitative estimate of drug-likeness (QED) is 0.463. The van der Waals surface area contributed by atoms with Gasteiger partial charge in [0.05, 0.1) is 26.1 Å². The second kappa shape index (κ2) is 8.96. The van der Waals surface area contributed by atoms with Crippen molar-refractivity contribution >= 4 is 50.9 Å². The molecule has 0 saturated heterocycles. The largest absolute Gasteiger partial charge is 0.353 e. The maximum Gasteiger partial charge on any atom is 0.262 e. The molecule has 1 aliphatic rings. The van der Waals surface area contributed by atoms with Gasteiger partial charge in [-0.3, -0.25) is 19.3 Å². The summed E-state index contributed by atoms with van der Waals surface area (Å²) in [6, 6.07) is 7.68. The molecule has 0 bridgehead atoms. The molecular weight excluding hydrogens is 465 g/mol. The summed E-state index contributed by atoms with van der Waals surface area (Å²) in [5.74, 6) is -1.91. The van der Waals surface area contributed by atoms with Gasteiger partial charge in [0.2, 0.25) is 15.9 Å². The molecule has 3 rings (SSSR count). The molecule has 164 valence electrons. The van der Waals surface area contributed by atoms with Crippen molar-refractivity contribution in [3.05, 3.63) is 62.6 Å². The van der Waals surface area contributed by atoms with Crippen molar-refractivity contribution in [2.75, 3.05) is 19.6 Å². The van der Waals surface area contributed by atoms with Crippen molar-refractivity contribution in [1.82, 2.24) is 14.9 Å². The summed E-state index contributed by atoms with van der Waals surface area (Å²) in [5, 5.41) is 2.74. The molecule has 0 aromatic heterocycles. The van der Waals surface area contributed by atoms with E-state index in [-0.39, 0.29) is 39.2 Å². The van der Waals surface area contributed by atoms with Crippen LogP contribution in [0.15, 0.2) is 35.2 Å². The monoisotopic (exact) mass is 483 g/mol. The zero-order chi connectivity index (χ0) is 22.9. The van der Waals surface area contributed by atoms with Crippen LogP contribution >= 0.6 is 23.2 Å². The minimum atomic E-state index is -3.74. The molecule has 2 N–H and O–H groups in total. The van der Waals surface area contributed by atoms with Gasteiger partial charge in [0, 0.05) is 13.1 Å². The molecule has 1 heterocycles. The van der Waals surface area contributed by atoms with Crippen LogP contribution in [0, 0.1) is 13.8 Å². The number of imide groups is 1. The highest BCUT2D eigenvalue weighted by Gasteiger charge is 2.37. The Morgan fingerprint density at radius 2 is 1.55 bits per heavy atom. The van der Waals surface area contributed by atoms with Gasteiger partial charge in [-0.15, -0.1) is 0 Å². The van der Waals surface area contributed by atoms with Gasteiger partial charge in [-0.1, -0.05) is 35.3 Å². The Balaban J connectivity index is 1.55. The first-order valence-corrected chi connectivity index (χ1v) is 11.4. The second-order valence-corrected chi connectivity index (χ2v) is 9.57. The Morgan fingerprint density at radius 3 is 2.13 bits per heavy atom. The number of nitrogens with one attached hydrogen (secondary N) is 2. The molecule has 0 atom stereocenters. The lowest BCUT2D eigenvalue weighted by Gasteiger charge is -2.14. The first kappa shape index (κ1) is 23.2. The average Bonchev–Trinajstić information content (AvgIpc) is 2.92. The number of halogens is 2. The van der Waals surface area contributed by atoms with Crippen LogP contribution in [-0.2, 0) is 14.8 Å². The number of benzene rings is 2. The first-order valence-electron chi connectivity index (χ1n) is 9.20. The number of fused-ring (bicyclic) bond motifs is 1. The molecular formula is C20H19Cl2N3O5S. The molecule has 0 saturated carbocycles. The van der Waals surface area contributed by atoms with Gasteiger partial charge in [0.1, 0.15) is 6.54 Å². The van der Waals surface area contributed by atoms with E-state index in [0.29, 0.717) is 5.56 Å². The number of amides is 3. The van der Waals surface area contributed by atoms with Crippen LogP contribution in [0.5, 0.6) is 0 Å². The molecule has 11 heteroatoms. The third-order valence-electron chi connectivity index (χ3n) is 4.69. The van der Waals surface area contributed by atoms with Gasteiger partial charge in [-0.2, -0.15) is 0 Å². The fourth-order valence-corrected chi connectivity index (χ4v) is 4.78. The van der Waals surface area contributed by atoms with E-state index in [1.807, 2.05) is 6.07 Å². The Kier molecular flexibility index (Phi) is 6.70. The summed E-state index contributed by atoms with van der Waals surface area (Å²) in [7, 11) is -3.74. The third-order valence-corrected chi connectivity index (χ3v) is 7.01. The van der Waals surface area contributed by atoms with Gasteiger partial charge in [0.25, 0.3) is 11.8 Å². The number of nitrogens with zero attached hydrogens (tertiary/aromatic N) is 1. The summed E-state index contributed by atoms with van der Waals surface area (Å²) in [6.45, 7) is 2.89. The second-order valence-electron chi connectivity index (χ2n) is 7.03. The van der Waals surface area contributed by atoms with E-state index in [4.69, 9.17) is 23.2 Å². The summed E-state index contributed by atoms with van der Waals surface area (Å²) in [6.07, 6.45) is 0. The van der Waals surface area contributed by atoms with Crippen LogP contribution in [-0.4, -0.2) is 50.7 Å². The summed E-state index contributed by atoms with van der Waals surface area (Å²) >= 11 is 11.8. The zero-order valence-corrected chi connectivity index (χ0v) is 19.0. The number of hydrogen-bond acceptors (Lipinski definition) is 5. The van der Waals surface area contributed by atoms with Crippen LogP contribution in [0.2, 0.25) is 10.0 Å². The molecule has 1 aliphatic heterocycles. The van der Waals surface area contributed by atoms with E-state index in [1.54, 1.807) is 26.0 Å². The van der Waals surface area contributed by atoms with Gasteiger partial charge >= 0.3 is 0 Å². The zero-order valence-electron chi connectivity index (χ0n) is 16.7. The Hall–Kier alpha value is -2.46. The normalized spacial score (nSPS) is 13.5. The van der Waals surface area contributed by atoms with Crippen molar-refractivity contribution in [2.24, 2.45) is 0 Å². The third kappa shape index (κ3) is 4.90. The lowest BCUT2D eigenvalue weighted by Crippen LogP contribution is -2.42. The summed E-state index contributed by atoms with van der Waals surface area (Å²) < 4.78 is 27.3. The molecule has 2 aromatic carbocycles. The van der Waals surface area contributed by atoms with Gasteiger partial charge in [0.15, 0.2) is 0 Å². The molecule has 0 radical (unpaired) electrons. The number of carbonyl (C=O) groups is 3. The number of sulfonamides is 1. The minimum Gasteiger partial charge on any atom is -0.353 e.